The third kappa shape index (κ3) is 27.9. The van der Waals surface area contributed by atoms with Crippen molar-refractivity contribution in [1.82, 2.24) is 4.90 Å². The minimum atomic E-state index is 0.264. The van der Waals surface area contributed by atoms with Crippen molar-refractivity contribution in [1.29, 1.82) is 0 Å². The van der Waals surface area contributed by atoms with Crippen molar-refractivity contribution in [2.24, 2.45) is 17.6 Å². The van der Waals surface area contributed by atoms with Crippen molar-refractivity contribution in [3.63, 3.8) is 0 Å². The van der Waals surface area contributed by atoms with Crippen LogP contribution in [0.5, 0.6) is 0 Å². The lowest BCUT2D eigenvalue weighted by molar-refractivity contribution is -0.137. The summed E-state index contributed by atoms with van der Waals surface area (Å²) in [6.45, 7) is 7.38. The van der Waals surface area contributed by atoms with Crippen LogP contribution in [-0.4, -0.2) is 30.4 Å². The summed E-state index contributed by atoms with van der Waals surface area (Å²) in [5, 5.41) is 0. The first-order chi connectivity index (χ1) is 23.2. The SMILES string of the molecule is CCCCCCCCCCCCCCCCCCN(CCCCCCCCCCCCCCCCCC)C(=O)C1CCC(CN)CC1. The summed E-state index contributed by atoms with van der Waals surface area (Å²) in [6, 6.07) is 0. The minimum Gasteiger partial charge on any atom is -0.342 e. The molecule has 0 aromatic heterocycles. The van der Waals surface area contributed by atoms with Gasteiger partial charge in [-0.3, -0.25) is 4.79 Å². The van der Waals surface area contributed by atoms with Gasteiger partial charge in [-0.2, -0.15) is 0 Å². The number of nitrogens with zero attached hydrogens (tertiary/aromatic N) is 1. The molecule has 0 radical (unpaired) electrons. The maximum Gasteiger partial charge on any atom is 0.225 e. The fourth-order valence-corrected chi connectivity index (χ4v) is 7.94. The van der Waals surface area contributed by atoms with Crippen LogP contribution in [0.2, 0.25) is 0 Å². The van der Waals surface area contributed by atoms with Crippen LogP contribution in [-0.2, 0) is 4.79 Å². The van der Waals surface area contributed by atoms with E-state index in [-0.39, 0.29) is 5.92 Å². The molecule has 0 aromatic carbocycles. The second kappa shape index (κ2) is 35.3. The standard InChI is InChI=1S/C44H88N2O/c1-3-5-7-9-11-13-15-17-19-21-23-25-27-29-31-33-39-46(44(47)43-37-35-42(41-45)36-38-43)40-34-32-30-28-26-24-22-20-18-16-14-12-10-8-6-4-2/h42-43H,3-41,45H2,1-2H3. The van der Waals surface area contributed by atoms with E-state index >= 15 is 0 Å². The van der Waals surface area contributed by atoms with Crippen molar-refractivity contribution in [3.05, 3.63) is 0 Å². The second-order valence-corrected chi connectivity index (χ2v) is 15.9. The quantitative estimate of drug-likeness (QED) is 0.0680. The summed E-state index contributed by atoms with van der Waals surface area (Å²) in [6.07, 6.45) is 49.3. The van der Waals surface area contributed by atoms with Gasteiger partial charge < -0.3 is 10.6 Å². The first-order valence-electron chi connectivity index (χ1n) is 22.2. The van der Waals surface area contributed by atoms with E-state index in [9.17, 15) is 4.79 Å². The van der Waals surface area contributed by atoms with E-state index in [1.807, 2.05) is 0 Å². The third-order valence-corrected chi connectivity index (χ3v) is 11.4. The van der Waals surface area contributed by atoms with E-state index < -0.39 is 0 Å². The summed E-state index contributed by atoms with van der Waals surface area (Å²) < 4.78 is 0. The Hall–Kier alpha value is -0.570. The van der Waals surface area contributed by atoms with E-state index in [0.717, 1.165) is 45.3 Å². The number of nitrogens with two attached hydrogens (primary N) is 1. The molecule has 3 heteroatoms. The number of carbonyl (C=O) groups excluding carboxylic acids is 1. The van der Waals surface area contributed by atoms with Crippen molar-refractivity contribution >= 4 is 5.91 Å². The van der Waals surface area contributed by atoms with Gasteiger partial charge in [-0.1, -0.05) is 206 Å². The average molecular weight is 661 g/mol. The number of amides is 1. The van der Waals surface area contributed by atoms with Gasteiger partial charge in [0.25, 0.3) is 0 Å². The topological polar surface area (TPSA) is 46.3 Å². The summed E-state index contributed by atoms with van der Waals surface area (Å²) in [5.41, 5.74) is 5.94. The highest BCUT2D eigenvalue weighted by Gasteiger charge is 2.28. The Kier molecular flexibility index (Phi) is 33.4. The van der Waals surface area contributed by atoms with Gasteiger partial charge in [0, 0.05) is 19.0 Å². The molecular weight excluding hydrogens is 572 g/mol. The molecule has 0 heterocycles. The average Bonchev–Trinajstić information content (AvgIpc) is 3.10. The van der Waals surface area contributed by atoms with Crippen molar-refractivity contribution in [2.45, 2.75) is 245 Å². The van der Waals surface area contributed by atoms with Crippen molar-refractivity contribution < 1.29 is 4.79 Å². The Morgan fingerprint density at radius 1 is 0.426 bits per heavy atom. The third-order valence-electron chi connectivity index (χ3n) is 11.4. The number of hydrogen-bond acceptors (Lipinski definition) is 2. The zero-order valence-electron chi connectivity index (χ0n) is 32.7. The summed E-state index contributed by atoms with van der Waals surface area (Å²) >= 11 is 0. The Morgan fingerprint density at radius 2 is 0.681 bits per heavy atom. The van der Waals surface area contributed by atoms with E-state index in [1.165, 1.54) is 205 Å². The zero-order chi connectivity index (χ0) is 33.9. The molecule has 0 saturated heterocycles. The number of unbranched alkanes of at least 4 members (excludes halogenated alkanes) is 30. The highest BCUT2D eigenvalue weighted by atomic mass is 16.2. The molecule has 0 atom stereocenters. The molecule has 280 valence electrons. The van der Waals surface area contributed by atoms with E-state index in [0.29, 0.717) is 11.8 Å². The smallest absolute Gasteiger partial charge is 0.225 e. The molecule has 1 amide bonds. The Labute approximate surface area is 297 Å². The van der Waals surface area contributed by atoms with E-state index in [2.05, 4.69) is 18.7 Å². The summed E-state index contributed by atoms with van der Waals surface area (Å²) in [5.74, 6) is 1.38. The highest BCUT2D eigenvalue weighted by molar-refractivity contribution is 5.78. The minimum absolute atomic E-state index is 0.264. The second-order valence-electron chi connectivity index (χ2n) is 15.9. The maximum atomic E-state index is 13.6. The molecule has 0 aromatic rings. The monoisotopic (exact) mass is 661 g/mol. The first-order valence-corrected chi connectivity index (χ1v) is 22.2. The Bertz CT molecular complexity index is 592. The molecule has 0 unspecified atom stereocenters. The van der Waals surface area contributed by atoms with Crippen LogP contribution in [0.1, 0.15) is 245 Å². The lowest BCUT2D eigenvalue weighted by atomic mass is 9.81. The molecule has 0 bridgehead atoms. The molecule has 1 rings (SSSR count). The van der Waals surface area contributed by atoms with Crippen LogP contribution in [0, 0.1) is 11.8 Å². The number of hydrogen-bond donors (Lipinski definition) is 1. The summed E-state index contributed by atoms with van der Waals surface area (Å²) in [7, 11) is 0. The molecule has 1 aliphatic rings. The normalized spacial score (nSPS) is 16.6. The van der Waals surface area contributed by atoms with E-state index in [1.54, 1.807) is 0 Å². The van der Waals surface area contributed by atoms with Gasteiger partial charge >= 0.3 is 0 Å². The Morgan fingerprint density at radius 3 is 0.936 bits per heavy atom. The molecular formula is C44H88N2O. The Balaban J connectivity index is 2.10. The van der Waals surface area contributed by atoms with Gasteiger partial charge in [0.05, 0.1) is 0 Å². The van der Waals surface area contributed by atoms with Crippen LogP contribution in [0.3, 0.4) is 0 Å². The van der Waals surface area contributed by atoms with Gasteiger partial charge in [0.15, 0.2) is 0 Å². The van der Waals surface area contributed by atoms with Crippen LogP contribution < -0.4 is 5.73 Å². The van der Waals surface area contributed by atoms with Crippen molar-refractivity contribution in [2.75, 3.05) is 19.6 Å². The summed E-state index contributed by atoms with van der Waals surface area (Å²) in [4.78, 5) is 15.9. The molecule has 47 heavy (non-hydrogen) atoms. The predicted molar refractivity (Wildman–Crippen MR) is 210 cm³/mol. The van der Waals surface area contributed by atoms with Crippen LogP contribution in [0.15, 0.2) is 0 Å². The van der Waals surface area contributed by atoms with Gasteiger partial charge in [-0.15, -0.1) is 0 Å². The number of rotatable bonds is 36. The molecule has 3 nitrogen and oxygen atoms in total. The van der Waals surface area contributed by atoms with Gasteiger partial charge in [-0.05, 0) is 51.0 Å². The molecule has 1 fully saturated rings. The molecule has 2 N–H and O–H groups in total. The largest absolute Gasteiger partial charge is 0.342 e. The lowest BCUT2D eigenvalue weighted by Gasteiger charge is -2.32. The molecule has 0 spiro atoms. The maximum absolute atomic E-state index is 13.6. The predicted octanol–water partition coefficient (Wildman–Crippen LogP) is 14.1. The van der Waals surface area contributed by atoms with E-state index in [4.69, 9.17) is 5.73 Å². The van der Waals surface area contributed by atoms with Gasteiger partial charge in [0.1, 0.15) is 0 Å². The van der Waals surface area contributed by atoms with Crippen LogP contribution in [0.25, 0.3) is 0 Å². The van der Waals surface area contributed by atoms with Gasteiger partial charge in [-0.25, -0.2) is 0 Å². The van der Waals surface area contributed by atoms with Crippen LogP contribution in [0.4, 0.5) is 0 Å². The fraction of sp³-hybridized carbons (Fsp3) is 0.977. The molecule has 0 aliphatic heterocycles. The first kappa shape index (κ1) is 44.5. The van der Waals surface area contributed by atoms with Crippen molar-refractivity contribution in [3.8, 4) is 0 Å². The van der Waals surface area contributed by atoms with Gasteiger partial charge in [0.2, 0.25) is 5.91 Å². The molecule has 1 aliphatic carbocycles. The fourth-order valence-electron chi connectivity index (χ4n) is 7.94. The lowest BCUT2D eigenvalue weighted by Crippen LogP contribution is -2.39. The number of carbonyl (C=O) groups is 1. The van der Waals surface area contributed by atoms with Crippen LogP contribution >= 0.6 is 0 Å². The zero-order valence-corrected chi connectivity index (χ0v) is 32.7. The molecule has 1 saturated carbocycles. The highest BCUT2D eigenvalue weighted by Crippen LogP contribution is 2.30.